The summed E-state index contributed by atoms with van der Waals surface area (Å²) in [6, 6.07) is 8.77. The number of hydrogen-bond acceptors (Lipinski definition) is 4. The van der Waals surface area contributed by atoms with Crippen LogP contribution in [0.3, 0.4) is 0 Å². The number of anilines is 1. The van der Waals surface area contributed by atoms with Crippen molar-refractivity contribution in [2.24, 2.45) is 0 Å². The Bertz CT molecular complexity index is 778. The molecule has 5 heteroatoms. The Morgan fingerprint density at radius 2 is 2.12 bits per heavy atom. The number of benzene rings is 1. The summed E-state index contributed by atoms with van der Waals surface area (Å²) in [5.74, 6) is 0.617. The molecule has 25 heavy (non-hydrogen) atoms. The normalized spacial score (nSPS) is 21.6. The van der Waals surface area contributed by atoms with Crippen molar-refractivity contribution in [3.63, 3.8) is 0 Å². The van der Waals surface area contributed by atoms with Crippen LogP contribution in [-0.2, 0) is 11.3 Å². The number of amides is 1. The molecule has 0 aliphatic carbocycles. The first-order chi connectivity index (χ1) is 12.1. The van der Waals surface area contributed by atoms with Gasteiger partial charge in [-0.2, -0.15) is 0 Å². The summed E-state index contributed by atoms with van der Waals surface area (Å²) in [7, 11) is 0. The van der Waals surface area contributed by atoms with Crippen LogP contribution in [0.2, 0.25) is 0 Å². The summed E-state index contributed by atoms with van der Waals surface area (Å²) in [4.78, 5) is 18.0. The number of aryl methyl sites for hydroxylation is 2. The van der Waals surface area contributed by atoms with Gasteiger partial charge in [-0.15, -0.1) is 0 Å². The molecule has 4 rings (SSSR count). The van der Waals surface area contributed by atoms with Crippen molar-refractivity contribution < 1.29 is 9.32 Å². The molecule has 132 valence electrons. The van der Waals surface area contributed by atoms with Gasteiger partial charge in [0.05, 0.1) is 11.6 Å². The first kappa shape index (κ1) is 16.3. The first-order valence-corrected chi connectivity index (χ1v) is 9.12. The molecule has 1 aromatic heterocycles. The Labute approximate surface area is 148 Å². The summed E-state index contributed by atoms with van der Waals surface area (Å²) in [5, 5.41) is 4.03. The van der Waals surface area contributed by atoms with Gasteiger partial charge < -0.3 is 9.42 Å². The van der Waals surface area contributed by atoms with Crippen LogP contribution in [0.15, 0.2) is 28.8 Å². The fraction of sp³-hybridized carbons (Fsp3) is 0.500. The fourth-order valence-electron chi connectivity index (χ4n) is 4.42. The molecular weight excluding hydrogens is 314 g/mol. The maximum atomic E-state index is 13.4. The highest BCUT2D eigenvalue weighted by Gasteiger charge is 2.36. The van der Waals surface area contributed by atoms with E-state index in [-0.39, 0.29) is 11.8 Å². The van der Waals surface area contributed by atoms with Gasteiger partial charge in [-0.05, 0) is 51.8 Å². The fourth-order valence-corrected chi connectivity index (χ4v) is 4.42. The van der Waals surface area contributed by atoms with E-state index in [1.807, 2.05) is 31.7 Å². The molecular formula is C20H25N3O2. The van der Waals surface area contributed by atoms with Crippen molar-refractivity contribution in [1.82, 2.24) is 10.1 Å². The van der Waals surface area contributed by atoms with Crippen molar-refractivity contribution in [2.45, 2.75) is 52.1 Å². The lowest BCUT2D eigenvalue weighted by molar-refractivity contribution is -0.119. The lowest BCUT2D eigenvalue weighted by atomic mass is 9.97. The van der Waals surface area contributed by atoms with E-state index in [1.165, 1.54) is 12.0 Å². The molecule has 2 aliphatic heterocycles. The van der Waals surface area contributed by atoms with Gasteiger partial charge in [-0.1, -0.05) is 23.4 Å². The van der Waals surface area contributed by atoms with Gasteiger partial charge in [-0.3, -0.25) is 9.69 Å². The van der Waals surface area contributed by atoms with E-state index < -0.39 is 0 Å². The van der Waals surface area contributed by atoms with Crippen molar-refractivity contribution in [1.29, 1.82) is 0 Å². The molecule has 1 fully saturated rings. The van der Waals surface area contributed by atoms with Crippen LogP contribution in [-0.4, -0.2) is 35.1 Å². The van der Waals surface area contributed by atoms with Gasteiger partial charge in [0.1, 0.15) is 5.76 Å². The second-order valence-corrected chi connectivity index (χ2v) is 7.30. The predicted molar refractivity (Wildman–Crippen MR) is 96.6 cm³/mol. The largest absolute Gasteiger partial charge is 0.361 e. The molecule has 2 aliphatic rings. The number of nitrogens with zero attached hydrogens (tertiary/aromatic N) is 3. The zero-order chi connectivity index (χ0) is 17.6. The van der Waals surface area contributed by atoms with Gasteiger partial charge in [0, 0.05) is 30.4 Å². The van der Waals surface area contributed by atoms with E-state index in [0.717, 1.165) is 48.8 Å². The number of carbonyl (C=O) groups is 1. The second-order valence-electron chi connectivity index (χ2n) is 7.30. The summed E-state index contributed by atoms with van der Waals surface area (Å²) >= 11 is 0. The lowest BCUT2D eigenvalue weighted by Gasteiger charge is -2.28. The highest BCUT2D eigenvalue weighted by Crippen LogP contribution is 2.34. The van der Waals surface area contributed by atoms with E-state index in [2.05, 4.69) is 28.3 Å². The third kappa shape index (κ3) is 2.76. The zero-order valence-corrected chi connectivity index (χ0v) is 15.2. The molecule has 0 bridgehead atoms. The average molecular weight is 339 g/mol. The summed E-state index contributed by atoms with van der Waals surface area (Å²) in [6.07, 6.45) is 2.38. The molecule has 0 spiro atoms. The minimum Gasteiger partial charge on any atom is -0.361 e. The molecule has 5 nitrogen and oxygen atoms in total. The van der Waals surface area contributed by atoms with Gasteiger partial charge in [0.15, 0.2) is 0 Å². The van der Waals surface area contributed by atoms with E-state index in [1.54, 1.807) is 0 Å². The van der Waals surface area contributed by atoms with Crippen LogP contribution in [0, 0.1) is 13.8 Å². The molecule has 0 saturated carbocycles. The van der Waals surface area contributed by atoms with Gasteiger partial charge in [0.2, 0.25) is 5.91 Å². The van der Waals surface area contributed by atoms with Crippen molar-refractivity contribution in [3.05, 3.63) is 46.8 Å². The Hall–Kier alpha value is -2.14. The van der Waals surface area contributed by atoms with Crippen molar-refractivity contribution in [2.75, 3.05) is 18.0 Å². The highest BCUT2D eigenvalue weighted by molar-refractivity contribution is 5.99. The molecule has 0 N–H and O–H groups in total. The molecule has 1 saturated heterocycles. The van der Waals surface area contributed by atoms with Crippen molar-refractivity contribution >= 4 is 11.6 Å². The lowest BCUT2D eigenvalue weighted by Crippen LogP contribution is -2.42. The number of para-hydroxylation sites is 1. The number of rotatable bonds is 2. The summed E-state index contributed by atoms with van der Waals surface area (Å²) < 4.78 is 5.29. The highest BCUT2D eigenvalue weighted by atomic mass is 16.5. The van der Waals surface area contributed by atoms with Crippen LogP contribution >= 0.6 is 0 Å². The van der Waals surface area contributed by atoms with Crippen LogP contribution in [0.1, 0.15) is 48.3 Å². The number of carbonyl (C=O) groups excluding carboxylic acids is 1. The minimum atomic E-state index is -0.257. The SMILES string of the molecule is Cc1noc(C)c1[C@@H](C)C(=O)N1C[C@H]2CCCN2Cc2ccccc21. The maximum Gasteiger partial charge on any atom is 0.234 e. The minimum absolute atomic E-state index is 0.135. The molecule has 0 unspecified atom stereocenters. The third-order valence-electron chi connectivity index (χ3n) is 5.71. The topological polar surface area (TPSA) is 49.6 Å². The number of aromatic nitrogens is 1. The van der Waals surface area contributed by atoms with Gasteiger partial charge in [-0.25, -0.2) is 0 Å². The molecule has 2 aromatic rings. The van der Waals surface area contributed by atoms with Gasteiger partial charge in [0.25, 0.3) is 0 Å². The molecule has 2 atom stereocenters. The Morgan fingerprint density at radius 1 is 1.32 bits per heavy atom. The first-order valence-electron chi connectivity index (χ1n) is 9.12. The molecule has 3 heterocycles. The summed E-state index contributed by atoms with van der Waals surface area (Å²) in [6.45, 7) is 8.59. The number of fused-ring (bicyclic) bond motifs is 2. The maximum absolute atomic E-state index is 13.4. The van der Waals surface area contributed by atoms with Crippen LogP contribution in [0.4, 0.5) is 5.69 Å². The van der Waals surface area contributed by atoms with Crippen LogP contribution in [0.25, 0.3) is 0 Å². The molecule has 1 aromatic carbocycles. The smallest absolute Gasteiger partial charge is 0.234 e. The van der Waals surface area contributed by atoms with Crippen LogP contribution in [0.5, 0.6) is 0 Å². The van der Waals surface area contributed by atoms with Gasteiger partial charge >= 0.3 is 0 Å². The molecule has 1 amide bonds. The van der Waals surface area contributed by atoms with E-state index in [0.29, 0.717) is 6.04 Å². The Morgan fingerprint density at radius 3 is 2.88 bits per heavy atom. The average Bonchev–Trinajstić information content (AvgIpc) is 3.14. The standard InChI is InChI=1S/C20H25N3O2/c1-13(19-14(2)21-25-15(19)3)20(24)23-12-17-8-6-10-22(17)11-16-7-4-5-9-18(16)23/h4-5,7,9,13,17H,6,8,10-12H2,1-3H3/t13-,17-/m1/s1. The summed E-state index contributed by atoms with van der Waals surface area (Å²) in [5.41, 5.74) is 4.03. The van der Waals surface area contributed by atoms with E-state index >= 15 is 0 Å². The van der Waals surface area contributed by atoms with E-state index in [9.17, 15) is 4.79 Å². The van der Waals surface area contributed by atoms with Crippen LogP contribution < -0.4 is 4.90 Å². The number of hydrogen-bond donors (Lipinski definition) is 0. The zero-order valence-electron chi connectivity index (χ0n) is 15.2. The Kier molecular flexibility index (Phi) is 4.12. The Balaban J connectivity index is 1.71. The predicted octanol–water partition coefficient (Wildman–Crippen LogP) is 3.41. The molecule has 0 radical (unpaired) electrons. The quantitative estimate of drug-likeness (QED) is 0.841. The van der Waals surface area contributed by atoms with E-state index in [4.69, 9.17) is 4.52 Å². The van der Waals surface area contributed by atoms with Crippen molar-refractivity contribution in [3.8, 4) is 0 Å². The monoisotopic (exact) mass is 339 g/mol. The third-order valence-corrected chi connectivity index (χ3v) is 5.71. The second kappa shape index (κ2) is 6.30.